The van der Waals surface area contributed by atoms with Crippen molar-refractivity contribution in [3.05, 3.63) is 29.8 Å². The van der Waals surface area contributed by atoms with E-state index in [1.54, 1.807) is 18.8 Å². The van der Waals surface area contributed by atoms with E-state index in [0.717, 1.165) is 17.7 Å². The molecule has 1 aliphatic carbocycles. The normalized spacial score (nSPS) is 18.3. The van der Waals surface area contributed by atoms with E-state index in [-0.39, 0.29) is 11.3 Å². The molecule has 116 valence electrons. The van der Waals surface area contributed by atoms with Crippen LogP contribution in [0.1, 0.15) is 39.2 Å². The molecule has 0 radical (unpaired) electrons. The Bertz CT molecular complexity index is 503. The Morgan fingerprint density at radius 2 is 1.86 bits per heavy atom. The van der Waals surface area contributed by atoms with Gasteiger partial charge >= 0.3 is 5.97 Å². The lowest BCUT2D eigenvalue weighted by Gasteiger charge is -2.28. The minimum Gasteiger partial charge on any atom is -0.480 e. The van der Waals surface area contributed by atoms with Gasteiger partial charge in [-0.05, 0) is 48.9 Å². The van der Waals surface area contributed by atoms with Gasteiger partial charge in [0, 0.05) is 10.6 Å². The van der Waals surface area contributed by atoms with Crippen molar-refractivity contribution in [1.29, 1.82) is 0 Å². The van der Waals surface area contributed by atoms with Crippen LogP contribution in [0.15, 0.2) is 29.2 Å². The number of likely N-dealkylation sites (N-methyl/N-ethyl adjacent to an activating group) is 1. The lowest BCUT2D eigenvalue weighted by molar-refractivity contribution is -0.144. The van der Waals surface area contributed by atoms with Gasteiger partial charge in [0.25, 0.3) is 0 Å². The van der Waals surface area contributed by atoms with E-state index in [9.17, 15) is 9.90 Å². The molecule has 0 aromatic heterocycles. The first-order valence-electron chi connectivity index (χ1n) is 7.45. The number of nitrogens with one attached hydrogen (secondary N) is 1. The van der Waals surface area contributed by atoms with Crippen LogP contribution in [0.3, 0.4) is 0 Å². The maximum absolute atomic E-state index is 11.7. The average molecular weight is 307 g/mol. The van der Waals surface area contributed by atoms with E-state index in [1.165, 1.54) is 5.56 Å². The molecule has 0 spiro atoms. The van der Waals surface area contributed by atoms with Crippen LogP contribution in [0.2, 0.25) is 0 Å². The van der Waals surface area contributed by atoms with E-state index in [4.69, 9.17) is 0 Å². The van der Waals surface area contributed by atoms with Crippen molar-refractivity contribution in [2.45, 2.75) is 49.5 Å². The Balaban J connectivity index is 2.06. The Morgan fingerprint density at radius 3 is 2.24 bits per heavy atom. The van der Waals surface area contributed by atoms with E-state index in [2.05, 4.69) is 50.4 Å². The number of carboxylic acid groups (broad SMARTS) is 1. The molecule has 2 rings (SSSR count). The molecule has 4 heteroatoms. The highest BCUT2D eigenvalue weighted by atomic mass is 32.2. The molecule has 1 aromatic rings. The molecule has 1 unspecified atom stereocenters. The highest BCUT2D eigenvalue weighted by Crippen LogP contribution is 2.42. The topological polar surface area (TPSA) is 49.3 Å². The molecule has 0 amide bonds. The third kappa shape index (κ3) is 3.61. The van der Waals surface area contributed by atoms with Crippen molar-refractivity contribution in [2.24, 2.45) is 5.92 Å². The van der Waals surface area contributed by atoms with Gasteiger partial charge in [0.15, 0.2) is 0 Å². The van der Waals surface area contributed by atoms with E-state index < -0.39 is 11.5 Å². The zero-order valence-corrected chi connectivity index (χ0v) is 14.1. The van der Waals surface area contributed by atoms with Crippen LogP contribution in [0.25, 0.3) is 0 Å². The molecule has 21 heavy (non-hydrogen) atoms. The molecule has 1 aliphatic rings. The Hall–Kier alpha value is -1.00. The standard InChI is InChI=1S/C17H25NO2S/c1-16(2,3)12-7-9-14(10-8-12)21-11-17(18-4,15(19)20)13-5-6-13/h7-10,13,18H,5-6,11H2,1-4H3,(H,19,20). The van der Waals surface area contributed by atoms with Crippen molar-refractivity contribution in [3.8, 4) is 0 Å². The molecule has 0 aliphatic heterocycles. The zero-order valence-electron chi connectivity index (χ0n) is 13.3. The summed E-state index contributed by atoms with van der Waals surface area (Å²) in [5.74, 6) is 0.103. The van der Waals surface area contributed by atoms with E-state index in [1.807, 2.05) is 0 Å². The fraction of sp³-hybridized carbons (Fsp3) is 0.588. The van der Waals surface area contributed by atoms with Gasteiger partial charge in [0.2, 0.25) is 0 Å². The Labute approximate surface area is 131 Å². The number of rotatable bonds is 6. The van der Waals surface area contributed by atoms with Crippen molar-refractivity contribution in [2.75, 3.05) is 12.8 Å². The second kappa shape index (κ2) is 6.01. The van der Waals surface area contributed by atoms with Crippen LogP contribution in [0.4, 0.5) is 0 Å². The molecule has 2 N–H and O–H groups in total. The predicted molar refractivity (Wildman–Crippen MR) is 88.0 cm³/mol. The largest absolute Gasteiger partial charge is 0.480 e. The summed E-state index contributed by atoms with van der Waals surface area (Å²) in [5, 5.41) is 12.6. The Morgan fingerprint density at radius 1 is 1.29 bits per heavy atom. The summed E-state index contributed by atoms with van der Waals surface area (Å²) in [5.41, 5.74) is 0.660. The first-order valence-corrected chi connectivity index (χ1v) is 8.44. The fourth-order valence-corrected chi connectivity index (χ4v) is 3.79. The first-order chi connectivity index (χ1) is 9.79. The molecule has 1 aromatic carbocycles. The summed E-state index contributed by atoms with van der Waals surface area (Å²) in [6, 6.07) is 8.48. The summed E-state index contributed by atoms with van der Waals surface area (Å²) < 4.78 is 0. The summed E-state index contributed by atoms with van der Waals surface area (Å²) in [7, 11) is 1.76. The number of thioether (sulfide) groups is 1. The third-order valence-electron chi connectivity index (χ3n) is 4.29. The summed E-state index contributed by atoms with van der Waals surface area (Å²) >= 11 is 1.62. The Kier molecular flexibility index (Phi) is 4.69. The van der Waals surface area contributed by atoms with Gasteiger partial charge in [-0.1, -0.05) is 32.9 Å². The smallest absolute Gasteiger partial charge is 0.325 e. The van der Waals surface area contributed by atoms with Gasteiger partial charge in [-0.3, -0.25) is 4.79 Å². The number of carboxylic acids is 1. The minimum atomic E-state index is -0.784. The number of carbonyl (C=O) groups is 1. The lowest BCUT2D eigenvalue weighted by atomic mass is 9.87. The summed E-state index contributed by atoms with van der Waals surface area (Å²) in [6.45, 7) is 6.58. The van der Waals surface area contributed by atoms with Gasteiger partial charge in [0.1, 0.15) is 5.54 Å². The minimum absolute atomic E-state index is 0.146. The second-order valence-electron chi connectivity index (χ2n) is 6.86. The van der Waals surface area contributed by atoms with Crippen LogP contribution in [-0.4, -0.2) is 29.4 Å². The van der Waals surface area contributed by atoms with Crippen LogP contribution >= 0.6 is 11.8 Å². The molecule has 0 saturated heterocycles. The molecule has 1 saturated carbocycles. The molecule has 1 fully saturated rings. The lowest BCUT2D eigenvalue weighted by Crippen LogP contribution is -2.54. The van der Waals surface area contributed by atoms with Gasteiger partial charge in [0.05, 0.1) is 0 Å². The van der Waals surface area contributed by atoms with Gasteiger partial charge in [-0.2, -0.15) is 0 Å². The van der Waals surface area contributed by atoms with Crippen molar-refractivity contribution in [3.63, 3.8) is 0 Å². The molecule has 1 atom stereocenters. The van der Waals surface area contributed by atoms with Gasteiger partial charge < -0.3 is 10.4 Å². The fourth-order valence-electron chi connectivity index (χ4n) is 2.56. The maximum Gasteiger partial charge on any atom is 0.325 e. The first kappa shape index (κ1) is 16.4. The van der Waals surface area contributed by atoms with Crippen molar-refractivity contribution >= 4 is 17.7 Å². The quantitative estimate of drug-likeness (QED) is 0.789. The van der Waals surface area contributed by atoms with E-state index in [0.29, 0.717) is 5.75 Å². The maximum atomic E-state index is 11.7. The van der Waals surface area contributed by atoms with E-state index >= 15 is 0 Å². The average Bonchev–Trinajstić information content (AvgIpc) is 3.24. The van der Waals surface area contributed by atoms with Gasteiger partial charge in [-0.25, -0.2) is 0 Å². The highest BCUT2D eigenvalue weighted by molar-refractivity contribution is 7.99. The van der Waals surface area contributed by atoms with Crippen LogP contribution in [0, 0.1) is 5.92 Å². The molecule has 0 heterocycles. The predicted octanol–water partition coefficient (Wildman–Crippen LogP) is 3.53. The number of hydrogen-bond donors (Lipinski definition) is 2. The number of benzene rings is 1. The van der Waals surface area contributed by atoms with Crippen molar-refractivity contribution < 1.29 is 9.90 Å². The SMILES string of the molecule is CNC(CSc1ccc(C(C)(C)C)cc1)(C(=O)O)C1CC1. The van der Waals surface area contributed by atoms with Crippen LogP contribution in [-0.2, 0) is 10.2 Å². The second-order valence-corrected chi connectivity index (χ2v) is 7.91. The zero-order chi connectivity index (χ0) is 15.7. The van der Waals surface area contributed by atoms with Crippen LogP contribution in [0.5, 0.6) is 0 Å². The summed E-state index contributed by atoms with van der Waals surface area (Å²) in [6.07, 6.45) is 2.02. The molecule has 0 bridgehead atoms. The number of hydrogen-bond acceptors (Lipinski definition) is 3. The molecule has 3 nitrogen and oxygen atoms in total. The van der Waals surface area contributed by atoms with Gasteiger partial charge in [-0.15, -0.1) is 11.8 Å². The molecular formula is C17H25NO2S. The number of aliphatic carboxylic acids is 1. The monoisotopic (exact) mass is 307 g/mol. The van der Waals surface area contributed by atoms with Crippen LogP contribution < -0.4 is 5.32 Å². The van der Waals surface area contributed by atoms with Crippen molar-refractivity contribution in [1.82, 2.24) is 5.32 Å². The summed E-state index contributed by atoms with van der Waals surface area (Å²) in [4.78, 5) is 12.8. The highest BCUT2D eigenvalue weighted by Gasteiger charge is 2.50. The molecular weight excluding hydrogens is 282 g/mol. The third-order valence-corrected chi connectivity index (χ3v) is 5.49.